The summed E-state index contributed by atoms with van der Waals surface area (Å²) in [5.74, 6) is 0.328. The van der Waals surface area contributed by atoms with E-state index in [4.69, 9.17) is 0 Å². The van der Waals surface area contributed by atoms with Crippen molar-refractivity contribution >= 4 is 33.6 Å². The Balaban J connectivity index is 2.49. The third kappa shape index (κ3) is 5.16. The molecule has 5 heteroatoms. The normalized spacial score (nSPS) is 11.4. The number of nitrogens with one attached hydrogen (secondary N) is 1. The molecule has 1 amide bonds. The second-order valence-corrected chi connectivity index (χ2v) is 6.40. The van der Waals surface area contributed by atoms with Crippen LogP contribution in [-0.2, 0) is 4.79 Å². The van der Waals surface area contributed by atoms with Crippen LogP contribution < -0.4 is 5.32 Å². The monoisotopic (exact) mass is 345 g/mol. The Kier molecular flexibility index (Phi) is 6.89. The molecule has 106 valence electrons. The number of aliphatic hydroxyl groups is 1. The fraction of sp³-hybridized carbons (Fsp3) is 0.500. The van der Waals surface area contributed by atoms with Gasteiger partial charge in [0.05, 0.1) is 17.9 Å². The van der Waals surface area contributed by atoms with Crippen molar-refractivity contribution in [3.8, 4) is 0 Å². The zero-order valence-corrected chi connectivity index (χ0v) is 13.7. The van der Waals surface area contributed by atoms with Crippen molar-refractivity contribution in [2.24, 2.45) is 0 Å². The van der Waals surface area contributed by atoms with Gasteiger partial charge in [-0.15, -0.1) is 11.8 Å². The molecule has 0 spiro atoms. The molecule has 0 aliphatic rings. The van der Waals surface area contributed by atoms with Crippen molar-refractivity contribution in [2.75, 3.05) is 12.4 Å². The van der Waals surface area contributed by atoms with Gasteiger partial charge < -0.3 is 10.4 Å². The van der Waals surface area contributed by atoms with Crippen molar-refractivity contribution in [1.29, 1.82) is 0 Å². The Morgan fingerprint density at radius 3 is 2.37 bits per heavy atom. The van der Waals surface area contributed by atoms with Crippen LogP contribution in [0, 0.1) is 0 Å². The summed E-state index contributed by atoms with van der Waals surface area (Å²) in [6.45, 7) is 3.93. The summed E-state index contributed by atoms with van der Waals surface area (Å²) in [5.41, 5.74) is -0.475. The van der Waals surface area contributed by atoms with Gasteiger partial charge in [0.2, 0.25) is 5.91 Å². The molecule has 0 fully saturated rings. The number of carbonyl (C=O) groups excluding carboxylic acids is 1. The number of amides is 1. The second kappa shape index (κ2) is 7.92. The molecule has 0 aliphatic carbocycles. The molecule has 3 nitrogen and oxygen atoms in total. The van der Waals surface area contributed by atoms with E-state index in [9.17, 15) is 9.90 Å². The number of halogens is 1. The number of hydrogen-bond donors (Lipinski definition) is 2. The molecule has 0 heterocycles. The third-order valence-corrected chi connectivity index (χ3v) is 4.79. The highest BCUT2D eigenvalue weighted by Gasteiger charge is 2.26. The lowest BCUT2D eigenvalue weighted by Gasteiger charge is -2.30. The summed E-state index contributed by atoms with van der Waals surface area (Å²) in [7, 11) is 0. The first-order valence-electron chi connectivity index (χ1n) is 6.35. The number of thioether (sulfide) groups is 1. The lowest BCUT2D eigenvalue weighted by atomic mass is 9.94. The molecule has 0 bridgehead atoms. The van der Waals surface area contributed by atoms with Crippen LogP contribution in [-0.4, -0.2) is 28.9 Å². The van der Waals surface area contributed by atoms with Crippen molar-refractivity contribution in [1.82, 2.24) is 5.32 Å². The third-order valence-electron chi connectivity index (χ3n) is 3.24. The Hall–Kier alpha value is -0.520. The van der Waals surface area contributed by atoms with E-state index in [1.54, 1.807) is 0 Å². The maximum Gasteiger partial charge on any atom is 0.230 e. The van der Waals surface area contributed by atoms with E-state index in [1.807, 2.05) is 38.1 Å². The molecule has 2 N–H and O–H groups in total. The summed E-state index contributed by atoms with van der Waals surface area (Å²) in [5, 5.41) is 12.4. The molecule has 1 rings (SSSR count). The first kappa shape index (κ1) is 16.5. The van der Waals surface area contributed by atoms with Crippen LogP contribution in [0.25, 0.3) is 0 Å². The van der Waals surface area contributed by atoms with Crippen LogP contribution in [0.3, 0.4) is 0 Å². The van der Waals surface area contributed by atoms with E-state index in [2.05, 4.69) is 21.2 Å². The average Bonchev–Trinajstić information content (AvgIpc) is 2.44. The Bertz CT molecular complexity index is 396. The Morgan fingerprint density at radius 1 is 1.32 bits per heavy atom. The van der Waals surface area contributed by atoms with E-state index in [0.29, 0.717) is 5.75 Å². The first-order valence-corrected chi connectivity index (χ1v) is 8.13. The van der Waals surface area contributed by atoms with Crippen molar-refractivity contribution < 1.29 is 9.90 Å². The van der Waals surface area contributed by atoms with Gasteiger partial charge in [0.15, 0.2) is 0 Å². The SMILES string of the molecule is CCC(CC)(CO)NC(=O)CSc1ccc(Br)cc1. The highest BCUT2D eigenvalue weighted by molar-refractivity contribution is 9.10. The van der Waals surface area contributed by atoms with Gasteiger partial charge in [-0.05, 0) is 37.1 Å². The van der Waals surface area contributed by atoms with Crippen molar-refractivity contribution in [2.45, 2.75) is 37.1 Å². The standard InChI is InChI=1S/C14H20BrNO2S/c1-3-14(4-2,10-17)16-13(18)9-19-12-7-5-11(15)6-8-12/h5-8,17H,3-4,9-10H2,1-2H3,(H,16,18). The molecule has 0 saturated heterocycles. The Labute approximate surface area is 127 Å². The number of aliphatic hydroxyl groups excluding tert-OH is 1. The average molecular weight is 346 g/mol. The lowest BCUT2D eigenvalue weighted by Crippen LogP contribution is -2.51. The molecule has 1 aromatic carbocycles. The van der Waals surface area contributed by atoms with Crippen LogP contribution >= 0.6 is 27.7 Å². The highest BCUT2D eigenvalue weighted by atomic mass is 79.9. The lowest BCUT2D eigenvalue weighted by molar-refractivity contribution is -0.121. The summed E-state index contributed by atoms with van der Waals surface area (Å²) < 4.78 is 1.03. The molecule has 0 aromatic heterocycles. The topological polar surface area (TPSA) is 49.3 Å². The summed E-state index contributed by atoms with van der Waals surface area (Å²) in [4.78, 5) is 13.0. The smallest absolute Gasteiger partial charge is 0.230 e. The minimum Gasteiger partial charge on any atom is -0.394 e. The zero-order valence-electron chi connectivity index (χ0n) is 11.3. The predicted molar refractivity (Wildman–Crippen MR) is 83.4 cm³/mol. The highest BCUT2D eigenvalue weighted by Crippen LogP contribution is 2.21. The van der Waals surface area contributed by atoms with Crippen LogP contribution in [0.1, 0.15) is 26.7 Å². The van der Waals surface area contributed by atoms with Crippen LogP contribution in [0.5, 0.6) is 0 Å². The summed E-state index contributed by atoms with van der Waals surface area (Å²) in [6.07, 6.45) is 1.46. The fourth-order valence-electron chi connectivity index (χ4n) is 1.70. The van der Waals surface area contributed by atoms with Crippen molar-refractivity contribution in [3.05, 3.63) is 28.7 Å². The fourth-order valence-corrected chi connectivity index (χ4v) is 2.66. The molecule has 0 aliphatic heterocycles. The largest absolute Gasteiger partial charge is 0.394 e. The molecule has 0 saturated carbocycles. The molecular formula is C14H20BrNO2S. The van der Waals surface area contributed by atoms with Gasteiger partial charge in [-0.3, -0.25) is 4.79 Å². The minimum absolute atomic E-state index is 0.0192. The number of carbonyl (C=O) groups is 1. The predicted octanol–water partition coefficient (Wildman–Crippen LogP) is 3.21. The van der Waals surface area contributed by atoms with E-state index >= 15 is 0 Å². The van der Waals surface area contributed by atoms with E-state index in [1.165, 1.54) is 11.8 Å². The molecular weight excluding hydrogens is 326 g/mol. The first-order chi connectivity index (χ1) is 9.05. The maximum atomic E-state index is 11.9. The molecule has 0 unspecified atom stereocenters. The molecule has 0 radical (unpaired) electrons. The van der Waals surface area contributed by atoms with Crippen LogP contribution in [0.15, 0.2) is 33.6 Å². The number of benzene rings is 1. The zero-order chi connectivity index (χ0) is 14.3. The van der Waals surface area contributed by atoms with Gasteiger partial charge in [0.25, 0.3) is 0 Å². The molecule has 19 heavy (non-hydrogen) atoms. The minimum atomic E-state index is -0.475. The molecule has 1 aromatic rings. The Morgan fingerprint density at radius 2 is 1.89 bits per heavy atom. The van der Waals surface area contributed by atoms with Gasteiger partial charge in [-0.2, -0.15) is 0 Å². The number of hydrogen-bond acceptors (Lipinski definition) is 3. The van der Waals surface area contributed by atoms with Gasteiger partial charge >= 0.3 is 0 Å². The van der Waals surface area contributed by atoms with E-state index in [0.717, 1.165) is 22.2 Å². The summed E-state index contributed by atoms with van der Waals surface area (Å²) in [6, 6.07) is 7.86. The quantitative estimate of drug-likeness (QED) is 0.746. The van der Waals surface area contributed by atoms with Gasteiger partial charge in [-0.25, -0.2) is 0 Å². The van der Waals surface area contributed by atoms with Crippen molar-refractivity contribution in [3.63, 3.8) is 0 Å². The van der Waals surface area contributed by atoms with Gasteiger partial charge in [0, 0.05) is 9.37 Å². The van der Waals surface area contributed by atoms with Crippen LogP contribution in [0.4, 0.5) is 0 Å². The maximum absolute atomic E-state index is 11.9. The van der Waals surface area contributed by atoms with Gasteiger partial charge in [-0.1, -0.05) is 29.8 Å². The second-order valence-electron chi connectivity index (χ2n) is 4.44. The van der Waals surface area contributed by atoms with Gasteiger partial charge in [0.1, 0.15) is 0 Å². The van der Waals surface area contributed by atoms with E-state index < -0.39 is 5.54 Å². The summed E-state index contributed by atoms with van der Waals surface area (Å²) >= 11 is 4.87. The number of rotatable bonds is 7. The van der Waals surface area contributed by atoms with E-state index in [-0.39, 0.29) is 12.5 Å². The molecule has 0 atom stereocenters. The van der Waals surface area contributed by atoms with Crippen LogP contribution in [0.2, 0.25) is 0 Å².